The summed E-state index contributed by atoms with van der Waals surface area (Å²) in [5.41, 5.74) is 4.76. The van der Waals surface area contributed by atoms with Gasteiger partial charge in [-0.05, 0) is 53.3 Å². The molecule has 7 nitrogen and oxygen atoms in total. The number of anilines is 1. The third-order valence-electron chi connectivity index (χ3n) is 6.24. The van der Waals surface area contributed by atoms with Gasteiger partial charge < -0.3 is 24.8 Å². The number of ether oxygens (including phenoxy) is 3. The molecule has 0 saturated heterocycles. The molecule has 0 saturated carbocycles. The Morgan fingerprint density at radius 1 is 0.971 bits per heavy atom. The van der Waals surface area contributed by atoms with Crippen molar-refractivity contribution >= 4 is 11.6 Å². The van der Waals surface area contributed by atoms with E-state index in [0.717, 1.165) is 27.8 Å². The van der Waals surface area contributed by atoms with Crippen LogP contribution in [-0.4, -0.2) is 27.2 Å². The van der Waals surface area contributed by atoms with Gasteiger partial charge in [-0.15, -0.1) is 0 Å². The zero-order valence-corrected chi connectivity index (χ0v) is 20.4. The summed E-state index contributed by atoms with van der Waals surface area (Å²) in [5, 5.41) is 6.29. The first-order valence-electron chi connectivity index (χ1n) is 11.5. The average molecular weight is 475 g/mol. The highest BCUT2D eigenvalue weighted by Crippen LogP contribution is 2.50. The number of rotatable bonds is 7. The van der Waals surface area contributed by atoms with Gasteiger partial charge in [0.15, 0.2) is 11.5 Å². The van der Waals surface area contributed by atoms with Crippen LogP contribution in [0.1, 0.15) is 36.1 Å². The predicted molar refractivity (Wildman–Crippen MR) is 136 cm³/mol. The maximum Gasteiger partial charge on any atom is 0.217 e. The number of amides is 1. The molecule has 2 N–H and O–H groups in total. The molecule has 1 aliphatic carbocycles. The van der Waals surface area contributed by atoms with E-state index in [2.05, 4.69) is 10.6 Å². The van der Waals surface area contributed by atoms with Gasteiger partial charge in [-0.1, -0.05) is 36.4 Å². The molecule has 1 amide bonds. The van der Waals surface area contributed by atoms with Gasteiger partial charge in [0.05, 0.1) is 33.1 Å². The zero-order valence-electron chi connectivity index (χ0n) is 20.4. The molecule has 0 spiro atoms. The normalized spacial score (nSPS) is 14.1. The molecule has 0 aromatic heterocycles. The van der Waals surface area contributed by atoms with E-state index in [1.807, 2.05) is 42.5 Å². The van der Waals surface area contributed by atoms with Crippen molar-refractivity contribution in [3.63, 3.8) is 0 Å². The van der Waals surface area contributed by atoms with Gasteiger partial charge in [0.1, 0.15) is 0 Å². The molecule has 0 bridgehead atoms. The fourth-order valence-corrected chi connectivity index (χ4v) is 4.65. The summed E-state index contributed by atoms with van der Waals surface area (Å²) in [6.07, 6.45) is 1.27. The second-order valence-electron chi connectivity index (χ2n) is 8.43. The van der Waals surface area contributed by atoms with E-state index in [1.165, 1.54) is 6.92 Å². The number of nitrogens with one attached hydrogen (secondary N) is 2. The molecule has 1 unspecified atom stereocenters. The Balaban J connectivity index is 1.91. The summed E-state index contributed by atoms with van der Waals surface area (Å²) in [6.45, 7) is 2.00. The van der Waals surface area contributed by atoms with Gasteiger partial charge in [-0.3, -0.25) is 9.59 Å². The minimum atomic E-state index is -0.335. The number of carbonyl (C=O) groups excluding carboxylic acids is 1. The molecule has 0 radical (unpaired) electrons. The van der Waals surface area contributed by atoms with E-state index < -0.39 is 0 Å². The second kappa shape index (κ2) is 10.5. The number of methoxy groups -OCH3 is 3. The molecule has 182 valence electrons. The highest BCUT2D eigenvalue weighted by Gasteiger charge is 2.29. The number of hydrogen-bond donors (Lipinski definition) is 2. The summed E-state index contributed by atoms with van der Waals surface area (Å²) in [6, 6.07) is 16.8. The Labute approximate surface area is 205 Å². The van der Waals surface area contributed by atoms with E-state index in [9.17, 15) is 9.59 Å². The quantitative estimate of drug-likeness (QED) is 0.525. The molecule has 7 heteroatoms. The van der Waals surface area contributed by atoms with Crippen LogP contribution in [0.4, 0.5) is 5.69 Å². The number of aryl methyl sites for hydroxylation is 1. The van der Waals surface area contributed by atoms with Gasteiger partial charge in [-0.2, -0.15) is 0 Å². The second-order valence-corrected chi connectivity index (χ2v) is 8.43. The molecule has 4 rings (SSSR count). The summed E-state index contributed by atoms with van der Waals surface area (Å²) < 4.78 is 17.0. The minimum absolute atomic E-state index is 0.152. The van der Waals surface area contributed by atoms with E-state index >= 15 is 0 Å². The fourth-order valence-electron chi connectivity index (χ4n) is 4.65. The summed E-state index contributed by atoms with van der Waals surface area (Å²) >= 11 is 0. The average Bonchev–Trinajstić information content (AvgIpc) is 3.10. The standard InChI is InChI=1S/C28H30N2O5/c1-17(31)30-22-12-10-19-14-25(33-2)27(34-3)28(35-4)26(19)20-11-13-23(24(32)15-21(20)22)29-16-18-8-6-5-7-9-18/h5-9,11,13-15,22H,10,12,16H2,1-4H3,(H,29,32)(H,30,31). The van der Waals surface area contributed by atoms with Crippen molar-refractivity contribution in [2.75, 3.05) is 26.6 Å². The smallest absolute Gasteiger partial charge is 0.217 e. The highest BCUT2D eigenvalue weighted by atomic mass is 16.5. The van der Waals surface area contributed by atoms with Crippen molar-refractivity contribution in [2.24, 2.45) is 0 Å². The summed E-state index contributed by atoms with van der Waals surface area (Å²) in [5.74, 6) is 1.42. The van der Waals surface area contributed by atoms with Crippen molar-refractivity contribution < 1.29 is 19.0 Å². The monoisotopic (exact) mass is 474 g/mol. The van der Waals surface area contributed by atoms with Crippen LogP contribution in [0.3, 0.4) is 0 Å². The lowest BCUT2D eigenvalue weighted by atomic mass is 9.95. The first-order valence-corrected chi connectivity index (χ1v) is 11.5. The van der Waals surface area contributed by atoms with Crippen molar-refractivity contribution in [1.29, 1.82) is 0 Å². The van der Waals surface area contributed by atoms with E-state index in [4.69, 9.17) is 14.2 Å². The van der Waals surface area contributed by atoms with Gasteiger partial charge >= 0.3 is 0 Å². The van der Waals surface area contributed by atoms with Crippen LogP contribution in [0.5, 0.6) is 17.2 Å². The largest absolute Gasteiger partial charge is 0.493 e. The zero-order chi connectivity index (χ0) is 24.9. The van der Waals surface area contributed by atoms with Crippen LogP contribution in [0.2, 0.25) is 0 Å². The molecule has 1 atom stereocenters. The molecule has 0 aliphatic heterocycles. The van der Waals surface area contributed by atoms with Crippen LogP contribution in [0.25, 0.3) is 11.1 Å². The molecule has 3 aromatic rings. The van der Waals surface area contributed by atoms with Gasteiger partial charge in [0.25, 0.3) is 0 Å². The lowest BCUT2D eigenvalue weighted by Crippen LogP contribution is -2.26. The maximum atomic E-state index is 13.3. The summed E-state index contributed by atoms with van der Waals surface area (Å²) in [4.78, 5) is 25.3. The molecular formula is C28H30N2O5. The Hall–Kier alpha value is -4.00. The van der Waals surface area contributed by atoms with E-state index in [-0.39, 0.29) is 17.4 Å². The topological polar surface area (TPSA) is 85.9 Å². The molecule has 3 aromatic carbocycles. The molecule has 0 fully saturated rings. The molecular weight excluding hydrogens is 444 g/mol. The van der Waals surface area contributed by atoms with Crippen molar-refractivity contribution in [3.8, 4) is 28.4 Å². The highest BCUT2D eigenvalue weighted by molar-refractivity contribution is 5.83. The van der Waals surface area contributed by atoms with Gasteiger partial charge in [0.2, 0.25) is 17.1 Å². The van der Waals surface area contributed by atoms with Crippen LogP contribution >= 0.6 is 0 Å². The van der Waals surface area contributed by atoms with Crippen LogP contribution in [-0.2, 0) is 17.8 Å². The Kier molecular flexibility index (Phi) is 7.25. The predicted octanol–water partition coefficient (Wildman–Crippen LogP) is 4.48. The third kappa shape index (κ3) is 4.94. The third-order valence-corrected chi connectivity index (χ3v) is 6.24. The van der Waals surface area contributed by atoms with E-state index in [0.29, 0.717) is 42.3 Å². The lowest BCUT2D eigenvalue weighted by molar-refractivity contribution is -0.119. The van der Waals surface area contributed by atoms with Crippen LogP contribution in [0, 0.1) is 0 Å². The lowest BCUT2D eigenvalue weighted by Gasteiger charge is -2.19. The Morgan fingerprint density at radius 2 is 1.71 bits per heavy atom. The minimum Gasteiger partial charge on any atom is -0.493 e. The van der Waals surface area contributed by atoms with Gasteiger partial charge in [-0.25, -0.2) is 0 Å². The number of fused-ring (bicyclic) bond motifs is 3. The fraction of sp³-hybridized carbons (Fsp3) is 0.286. The number of hydrogen-bond acceptors (Lipinski definition) is 6. The van der Waals surface area contributed by atoms with Crippen molar-refractivity contribution in [3.05, 3.63) is 81.5 Å². The molecule has 1 aliphatic rings. The molecule has 0 heterocycles. The maximum absolute atomic E-state index is 13.3. The number of carbonyl (C=O) groups is 1. The summed E-state index contributed by atoms with van der Waals surface area (Å²) in [7, 11) is 4.74. The first-order chi connectivity index (χ1) is 17.0. The van der Waals surface area contributed by atoms with E-state index in [1.54, 1.807) is 33.5 Å². The van der Waals surface area contributed by atoms with Crippen LogP contribution in [0.15, 0.2) is 59.4 Å². The van der Waals surface area contributed by atoms with Crippen LogP contribution < -0.4 is 30.3 Å². The SMILES string of the molecule is COc1cc2c(c(OC)c1OC)-c1ccc(NCc3ccccc3)c(=O)cc1C(NC(C)=O)CC2. The Bertz CT molecular complexity index is 1290. The Morgan fingerprint density at radius 3 is 2.37 bits per heavy atom. The van der Waals surface area contributed by atoms with Gasteiger partial charge in [0, 0.05) is 19.0 Å². The first kappa shape index (κ1) is 24.1. The number of benzene rings is 2. The van der Waals surface area contributed by atoms with Crippen molar-refractivity contribution in [2.45, 2.75) is 32.4 Å². The molecule has 35 heavy (non-hydrogen) atoms. The van der Waals surface area contributed by atoms with Crippen molar-refractivity contribution in [1.82, 2.24) is 5.32 Å².